The summed E-state index contributed by atoms with van der Waals surface area (Å²) in [6, 6.07) is 0.527. The van der Waals surface area contributed by atoms with Crippen LogP contribution in [0.4, 0.5) is 0 Å². The average molecular weight is 217 g/mol. The van der Waals surface area contributed by atoms with Gasteiger partial charge in [0.05, 0.1) is 12.2 Å². The maximum absolute atomic E-state index is 9.67. The monoisotopic (exact) mass is 217 g/mol. The van der Waals surface area contributed by atoms with Crippen molar-refractivity contribution in [2.75, 3.05) is 19.7 Å². The van der Waals surface area contributed by atoms with Crippen LogP contribution in [0.5, 0.6) is 0 Å². The lowest BCUT2D eigenvalue weighted by Crippen LogP contribution is -2.39. The number of aliphatic hydroxyl groups is 2. The molecule has 0 amide bonds. The van der Waals surface area contributed by atoms with Crippen LogP contribution in [-0.4, -0.2) is 46.5 Å². The van der Waals surface area contributed by atoms with Gasteiger partial charge in [-0.3, -0.25) is 4.90 Å². The van der Waals surface area contributed by atoms with E-state index in [4.69, 9.17) is 5.11 Å². The van der Waals surface area contributed by atoms with E-state index in [-0.39, 0.29) is 6.61 Å². The topological polar surface area (TPSA) is 43.7 Å². The Morgan fingerprint density at radius 1 is 1.13 bits per heavy atom. The first-order valence-electron chi connectivity index (χ1n) is 6.01. The Balaban J connectivity index is 4.13. The molecule has 0 radical (unpaired) electrons. The first-order valence-corrected chi connectivity index (χ1v) is 6.01. The molecule has 0 saturated heterocycles. The summed E-state index contributed by atoms with van der Waals surface area (Å²) >= 11 is 0. The Hall–Kier alpha value is -0.120. The van der Waals surface area contributed by atoms with Crippen LogP contribution in [-0.2, 0) is 0 Å². The van der Waals surface area contributed by atoms with E-state index in [1.165, 1.54) is 0 Å². The summed E-state index contributed by atoms with van der Waals surface area (Å²) in [5, 5.41) is 18.7. The molecule has 0 aliphatic heterocycles. The standard InChI is InChI=1S/C12H27NO2/c1-5-11(6-2)13(9-10-14)8-7-12(3,4)15/h11,14-15H,5-10H2,1-4H3. The molecule has 3 nitrogen and oxygen atoms in total. The molecule has 92 valence electrons. The molecule has 0 spiro atoms. The number of hydrogen-bond acceptors (Lipinski definition) is 3. The van der Waals surface area contributed by atoms with Crippen molar-refractivity contribution in [2.24, 2.45) is 0 Å². The van der Waals surface area contributed by atoms with Crippen molar-refractivity contribution in [2.45, 2.75) is 58.6 Å². The normalized spacial score (nSPS) is 12.8. The zero-order valence-electron chi connectivity index (χ0n) is 10.7. The lowest BCUT2D eigenvalue weighted by atomic mass is 10.0. The highest BCUT2D eigenvalue weighted by Crippen LogP contribution is 2.13. The van der Waals surface area contributed by atoms with Gasteiger partial charge in [-0.05, 0) is 33.1 Å². The Bertz CT molecular complexity index is 150. The van der Waals surface area contributed by atoms with E-state index < -0.39 is 5.60 Å². The van der Waals surface area contributed by atoms with Crippen LogP contribution in [0.1, 0.15) is 47.0 Å². The van der Waals surface area contributed by atoms with E-state index in [9.17, 15) is 5.11 Å². The third kappa shape index (κ3) is 6.88. The summed E-state index contributed by atoms with van der Waals surface area (Å²) in [6.45, 7) is 9.76. The Morgan fingerprint density at radius 2 is 1.67 bits per heavy atom. The predicted molar refractivity (Wildman–Crippen MR) is 63.9 cm³/mol. The molecule has 0 fully saturated rings. The molecule has 2 N–H and O–H groups in total. The van der Waals surface area contributed by atoms with Gasteiger partial charge in [0.2, 0.25) is 0 Å². The quantitative estimate of drug-likeness (QED) is 0.649. The molecular weight excluding hydrogens is 190 g/mol. The maximum Gasteiger partial charge on any atom is 0.0603 e. The van der Waals surface area contributed by atoms with E-state index in [1.54, 1.807) is 0 Å². The largest absolute Gasteiger partial charge is 0.395 e. The minimum absolute atomic E-state index is 0.197. The predicted octanol–water partition coefficient (Wildman–Crippen LogP) is 1.63. The van der Waals surface area contributed by atoms with Gasteiger partial charge in [0.25, 0.3) is 0 Å². The van der Waals surface area contributed by atoms with E-state index in [0.717, 1.165) is 25.8 Å². The Labute approximate surface area is 94.1 Å². The molecule has 0 aromatic heterocycles. The highest BCUT2D eigenvalue weighted by atomic mass is 16.3. The van der Waals surface area contributed by atoms with Crippen molar-refractivity contribution in [3.63, 3.8) is 0 Å². The molecule has 0 saturated carbocycles. The van der Waals surface area contributed by atoms with E-state index in [0.29, 0.717) is 12.6 Å². The minimum atomic E-state index is -0.611. The zero-order chi connectivity index (χ0) is 11.9. The molecule has 0 bridgehead atoms. The van der Waals surface area contributed by atoms with Crippen molar-refractivity contribution >= 4 is 0 Å². The van der Waals surface area contributed by atoms with Gasteiger partial charge >= 0.3 is 0 Å². The fourth-order valence-electron chi connectivity index (χ4n) is 1.83. The van der Waals surface area contributed by atoms with Crippen molar-refractivity contribution < 1.29 is 10.2 Å². The van der Waals surface area contributed by atoms with Gasteiger partial charge in [-0.2, -0.15) is 0 Å². The molecular formula is C12H27NO2. The van der Waals surface area contributed by atoms with Crippen molar-refractivity contribution in [3.8, 4) is 0 Å². The first-order chi connectivity index (χ1) is 6.94. The summed E-state index contributed by atoms with van der Waals surface area (Å²) in [6.07, 6.45) is 2.95. The molecule has 0 aromatic rings. The second-order valence-electron chi connectivity index (χ2n) is 4.79. The van der Waals surface area contributed by atoms with Crippen LogP contribution in [0.3, 0.4) is 0 Å². The summed E-state index contributed by atoms with van der Waals surface area (Å²) in [5.74, 6) is 0. The number of nitrogens with zero attached hydrogens (tertiary/aromatic N) is 1. The van der Waals surface area contributed by atoms with Crippen molar-refractivity contribution in [3.05, 3.63) is 0 Å². The Morgan fingerprint density at radius 3 is 2.00 bits per heavy atom. The fraction of sp³-hybridized carbons (Fsp3) is 1.00. The molecule has 3 heteroatoms. The summed E-state index contributed by atoms with van der Waals surface area (Å²) < 4.78 is 0. The molecule has 0 aliphatic rings. The van der Waals surface area contributed by atoms with Crippen LogP contribution >= 0.6 is 0 Å². The van der Waals surface area contributed by atoms with Crippen LogP contribution in [0.25, 0.3) is 0 Å². The van der Waals surface area contributed by atoms with Gasteiger partial charge in [-0.15, -0.1) is 0 Å². The van der Waals surface area contributed by atoms with Crippen LogP contribution in [0, 0.1) is 0 Å². The molecule has 0 heterocycles. The minimum Gasteiger partial charge on any atom is -0.395 e. The Kier molecular flexibility index (Phi) is 7.14. The van der Waals surface area contributed by atoms with Crippen LogP contribution < -0.4 is 0 Å². The molecule has 0 aliphatic carbocycles. The number of hydrogen-bond donors (Lipinski definition) is 2. The van der Waals surface area contributed by atoms with Crippen molar-refractivity contribution in [1.82, 2.24) is 4.90 Å². The lowest BCUT2D eigenvalue weighted by molar-refractivity contribution is 0.0454. The zero-order valence-corrected chi connectivity index (χ0v) is 10.7. The first kappa shape index (κ1) is 14.9. The fourth-order valence-corrected chi connectivity index (χ4v) is 1.83. The molecule has 15 heavy (non-hydrogen) atoms. The van der Waals surface area contributed by atoms with Gasteiger partial charge in [0, 0.05) is 19.1 Å². The molecule has 0 unspecified atom stereocenters. The van der Waals surface area contributed by atoms with E-state index >= 15 is 0 Å². The summed E-state index contributed by atoms with van der Waals surface area (Å²) in [7, 11) is 0. The molecule has 0 aromatic carbocycles. The van der Waals surface area contributed by atoms with Gasteiger partial charge < -0.3 is 10.2 Å². The van der Waals surface area contributed by atoms with Gasteiger partial charge in [-0.1, -0.05) is 13.8 Å². The third-order valence-electron chi connectivity index (χ3n) is 2.86. The smallest absolute Gasteiger partial charge is 0.0603 e. The van der Waals surface area contributed by atoms with Gasteiger partial charge in [0.1, 0.15) is 0 Å². The van der Waals surface area contributed by atoms with Crippen LogP contribution in [0.2, 0.25) is 0 Å². The summed E-state index contributed by atoms with van der Waals surface area (Å²) in [4.78, 5) is 2.28. The highest BCUT2D eigenvalue weighted by Gasteiger charge is 2.18. The second-order valence-corrected chi connectivity index (χ2v) is 4.79. The molecule has 0 rings (SSSR count). The SMILES string of the molecule is CCC(CC)N(CCO)CCC(C)(C)O. The van der Waals surface area contributed by atoms with Gasteiger partial charge in [-0.25, -0.2) is 0 Å². The maximum atomic E-state index is 9.67. The third-order valence-corrected chi connectivity index (χ3v) is 2.86. The van der Waals surface area contributed by atoms with Gasteiger partial charge in [0.15, 0.2) is 0 Å². The molecule has 0 atom stereocenters. The van der Waals surface area contributed by atoms with Crippen molar-refractivity contribution in [1.29, 1.82) is 0 Å². The summed E-state index contributed by atoms with van der Waals surface area (Å²) in [5.41, 5.74) is -0.611. The average Bonchev–Trinajstić information content (AvgIpc) is 2.14. The van der Waals surface area contributed by atoms with E-state index in [1.807, 2.05) is 13.8 Å². The number of rotatable bonds is 8. The highest BCUT2D eigenvalue weighted by molar-refractivity contribution is 4.73. The van der Waals surface area contributed by atoms with Crippen LogP contribution in [0.15, 0.2) is 0 Å². The number of aliphatic hydroxyl groups excluding tert-OH is 1. The lowest BCUT2D eigenvalue weighted by Gasteiger charge is -2.31. The van der Waals surface area contributed by atoms with E-state index in [2.05, 4.69) is 18.7 Å². The second kappa shape index (κ2) is 7.20.